The first-order chi connectivity index (χ1) is 11.2. The van der Waals surface area contributed by atoms with Gasteiger partial charge in [0.15, 0.2) is 5.78 Å². The molecule has 0 bridgehead atoms. The summed E-state index contributed by atoms with van der Waals surface area (Å²) in [6.07, 6.45) is 0. The van der Waals surface area contributed by atoms with Gasteiger partial charge in [-0.15, -0.1) is 0 Å². The Bertz CT molecular complexity index is 770. The fourth-order valence-electron chi connectivity index (χ4n) is 3.08. The molecule has 130 valence electrons. The molecule has 2 rings (SSSR count). The van der Waals surface area contributed by atoms with Crippen LogP contribution in [-0.2, 0) is 6.54 Å². The second kappa shape index (κ2) is 7.03. The molecule has 0 unspecified atom stereocenters. The van der Waals surface area contributed by atoms with E-state index in [0.717, 1.165) is 23.6 Å². The van der Waals surface area contributed by atoms with Gasteiger partial charge in [-0.3, -0.25) is 14.3 Å². The van der Waals surface area contributed by atoms with Gasteiger partial charge in [-0.2, -0.15) is 5.10 Å². The quantitative estimate of drug-likeness (QED) is 0.799. The van der Waals surface area contributed by atoms with Gasteiger partial charge in [0, 0.05) is 30.0 Å². The molecule has 0 radical (unpaired) electrons. The van der Waals surface area contributed by atoms with Crippen molar-refractivity contribution in [3.05, 3.63) is 40.0 Å². The Hall–Kier alpha value is -2.37. The zero-order valence-corrected chi connectivity index (χ0v) is 15.3. The molecule has 2 aromatic rings. The molecular formula is C18H26N4O2. The number of aryl methyl sites for hydroxylation is 3. The number of amides is 1. The standard InChI is InChI=1S/C18H26N4O2/c1-10(9-22-12(3)7-11(2)21-22)8-19-18(24)17-13(4)16(15(6)23)14(5)20-17/h7,10,20H,8-9H2,1-6H3,(H,19,24)/t10-/m0/s1. The van der Waals surface area contributed by atoms with Crippen molar-refractivity contribution in [2.24, 2.45) is 5.92 Å². The molecule has 0 spiro atoms. The van der Waals surface area contributed by atoms with Crippen molar-refractivity contribution >= 4 is 11.7 Å². The second-order valence-electron chi connectivity index (χ2n) is 6.61. The number of hydrogen-bond donors (Lipinski definition) is 2. The van der Waals surface area contributed by atoms with Crippen LogP contribution in [-0.4, -0.2) is 33.0 Å². The molecule has 0 aliphatic rings. The van der Waals surface area contributed by atoms with E-state index in [1.165, 1.54) is 6.92 Å². The summed E-state index contributed by atoms with van der Waals surface area (Å²) in [5.74, 6) is 0.0390. The number of ketones is 1. The van der Waals surface area contributed by atoms with Crippen molar-refractivity contribution in [1.82, 2.24) is 20.1 Å². The Morgan fingerprint density at radius 2 is 1.96 bits per heavy atom. The van der Waals surface area contributed by atoms with Crippen LogP contribution in [0.1, 0.15) is 57.3 Å². The Morgan fingerprint density at radius 1 is 1.29 bits per heavy atom. The summed E-state index contributed by atoms with van der Waals surface area (Å²) in [4.78, 5) is 27.1. The largest absolute Gasteiger partial charge is 0.354 e. The molecule has 1 amide bonds. The smallest absolute Gasteiger partial charge is 0.268 e. The summed E-state index contributed by atoms with van der Waals surface area (Å²) in [5.41, 5.74) is 4.64. The van der Waals surface area contributed by atoms with E-state index < -0.39 is 0 Å². The highest BCUT2D eigenvalue weighted by atomic mass is 16.2. The average molecular weight is 330 g/mol. The average Bonchev–Trinajstić information content (AvgIpc) is 2.95. The lowest BCUT2D eigenvalue weighted by atomic mass is 10.1. The summed E-state index contributed by atoms with van der Waals surface area (Å²) in [6, 6.07) is 2.04. The maximum absolute atomic E-state index is 12.4. The van der Waals surface area contributed by atoms with Gasteiger partial charge in [0.05, 0.1) is 5.69 Å². The molecule has 0 saturated carbocycles. The van der Waals surface area contributed by atoms with Gasteiger partial charge < -0.3 is 10.3 Å². The third-order valence-corrected chi connectivity index (χ3v) is 4.22. The molecule has 0 saturated heterocycles. The zero-order chi connectivity index (χ0) is 18.0. The van der Waals surface area contributed by atoms with Crippen LogP contribution in [0.25, 0.3) is 0 Å². The summed E-state index contributed by atoms with van der Waals surface area (Å²) in [6.45, 7) is 12.5. The number of Topliss-reactive ketones (excluding diaryl/α,β-unsaturated/α-hetero) is 1. The highest BCUT2D eigenvalue weighted by Crippen LogP contribution is 2.18. The van der Waals surface area contributed by atoms with E-state index >= 15 is 0 Å². The van der Waals surface area contributed by atoms with E-state index in [0.29, 0.717) is 23.4 Å². The molecule has 0 fully saturated rings. The van der Waals surface area contributed by atoms with Crippen molar-refractivity contribution in [2.45, 2.75) is 48.1 Å². The SMILES string of the molecule is CC(=O)c1c(C)[nH]c(C(=O)NC[C@H](C)Cn2nc(C)cc2C)c1C. The van der Waals surface area contributed by atoms with Gasteiger partial charge in [-0.25, -0.2) is 0 Å². The van der Waals surface area contributed by atoms with Gasteiger partial charge in [-0.1, -0.05) is 6.92 Å². The molecule has 2 heterocycles. The van der Waals surface area contributed by atoms with Gasteiger partial charge in [0.1, 0.15) is 5.69 Å². The van der Waals surface area contributed by atoms with E-state index in [2.05, 4.69) is 22.3 Å². The number of aromatic nitrogens is 3. The van der Waals surface area contributed by atoms with Gasteiger partial charge in [-0.05, 0) is 52.2 Å². The van der Waals surface area contributed by atoms with Crippen LogP contribution in [0.4, 0.5) is 0 Å². The predicted octanol–water partition coefficient (Wildman–Crippen LogP) is 2.71. The van der Waals surface area contributed by atoms with Gasteiger partial charge in [0.25, 0.3) is 5.91 Å². The van der Waals surface area contributed by atoms with Crippen molar-refractivity contribution < 1.29 is 9.59 Å². The fraction of sp³-hybridized carbons (Fsp3) is 0.500. The molecule has 2 aromatic heterocycles. The van der Waals surface area contributed by atoms with E-state index in [4.69, 9.17) is 0 Å². The lowest BCUT2D eigenvalue weighted by molar-refractivity contribution is 0.0941. The van der Waals surface area contributed by atoms with Crippen LogP contribution in [0.15, 0.2) is 6.07 Å². The summed E-state index contributed by atoms with van der Waals surface area (Å²) < 4.78 is 1.96. The van der Waals surface area contributed by atoms with E-state index in [1.54, 1.807) is 6.92 Å². The molecular weight excluding hydrogens is 304 g/mol. The first-order valence-corrected chi connectivity index (χ1v) is 8.20. The Labute approximate surface area is 142 Å². The van der Waals surface area contributed by atoms with Gasteiger partial charge >= 0.3 is 0 Å². The van der Waals surface area contributed by atoms with Crippen LogP contribution >= 0.6 is 0 Å². The molecule has 24 heavy (non-hydrogen) atoms. The molecule has 6 heteroatoms. The van der Waals surface area contributed by atoms with E-state index in [1.807, 2.05) is 31.5 Å². The highest BCUT2D eigenvalue weighted by Gasteiger charge is 2.20. The summed E-state index contributed by atoms with van der Waals surface area (Å²) in [5, 5.41) is 7.39. The maximum atomic E-state index is 12.4. The maximum Gasteiger partial charge on any atom is 0.268 e. The number of carbonyl (C=O) groups excluding carboxylic acids is 2. The number of carbonyl (C=O) groups is 2. The first-order valence-electron chi connectivity index (χ1n) is 8.20. The number of nitrogens with zero attached hydrogens (tertiary/aromatic N) is 2. The minimum atomic E-state index is -0.177. The van der Waals surface area contributed by atoms with Crippen LogP contribution in [0, 0.1) is 33.6 Å². The van der Waals surface area contributed by atoms with E-state index in [9.17, 15) is 9.59 Å². The Kier molecular flexibility index (Phi) is 5.26. The molecule has 0 aromatic carbocycles. The molecule has 0 aliphatic carbocycles. The predicted molar refractivity (Wildman–Crippen MR) is 93.5 cm³/mol. The molecule has 0 aliphatic heterocycles. The molecule has 2 N–H and O–H groups in total. The minimum absolute atomic E-state index is 0.0294. The third kappa shape index (κ3) is 3.75. The Balaban J connectivity index is 1.99. The lowest BCUT2D eigenvalue weighted by Crippen LogP contribution is -2.31. The number of aromatic amines is 1. The highest BCUT2D eigenvalue weighted by molar-refractivity contribution is 6.02. The Morgan fingerprint density at radius 3 is 2.46 bits per heavy atom. The first kappa shape index (κ1) is 18.0. The zero-order valence-electron chi connectivity index (χ0n) is 15.3. The number of rotatable bonds is 6. The van der Waals surface area contributed by atoms with Crippen molar-refractivity contribution in [3.8, 4) is 0 Å². The fourth-order valence-corrected chi connectivity index (χ4v) is 3.08. The van der Waals surface area contributed by atoms with Crippen LogP contribution in [0.2, 0.25) is 0 Å². The van der Waals surface area contributed by atoms with E-state index in [-0.39, 0.29) is 17.6 Å². The van der Waals surface area contributed by atoms with Crippen molar-refractivity contribution in [2.75, 3.05) is 6.54 Å². The van der Waals surface area contributed by atoms with Crippen LogP contribution < -0.4 is 5.32 Å². The number of hydrogen-bond acceptors (Lipinski definition) is 3. The minimum Gasteiger partial charge on any atom is -0.354 e. The van der Waals surface area contributed by atoms with Crippen molar-refractivity contribution in [1.29, 1.82) is 0 Å². The lowest BCUT2D eigenvalue weighted by Gasteiger charge is -2.14. The summed E-state index contributed by atoms with van der Waals surface area (Å²) in [7, 11) is 0. The van der Waals surface area contributed by atoms with Crippen molar-refractivity contribution in [3.63, 3.8) is 0 Å². The molecule has 1 atom stereocenters. The topological polar surface area (TPSA) is 79.8 Å². The number of H-pyrrole nitrogens is 1. The molecule has 6 nitrogen and oxygen atoms in total. The number of nitrogens with one attached hydrogen (secondary N) is 2. The van der Waals surface area contributed by atoms with Crippen LogP contribution in [0.3, 0.4) is 0 Å². The third-order valence-electron chi connectivity index (χ3n) is 4.22. The van der Waals surface area contributed by atoms with Gasteiger partial charge in [0.2, 0.25) is 0 Å². The normalized spacial score (nSPS) is 12.2. The second-order valence-corrected chi connectivity index (χ2v) is 6.61. The monoisotopic (exact) mass is 330 g/mol. The van der Waals surface area contributed by atoms with Crippen LogP contribution in [0.5, 0.6) is 0 Å². The summed E-state index contributed by atoms with van der Waals surface area (Å²) >= 11 is 0.